The summed E-state index contributed by atoms with van der Waals surface area (Å²) in [4.78, 5) is 4.50. The van der Waals surface area contributed by atoms with E-state index in [-0.39, 0.29) is 11.6 Å². The number of hydrogen-bond acceptors (Lipinski definition) is 5. The van der Waals surface area contributed by atoms with Crippen molar-refractivity contribution in [3.63, 3.8) is 0 Å². The highest BCUT2D eigenvalue weighted by atomic mass is 32.1. The molecule has 1 aromatic heterocycles. The summed E-state index contributed by atoms with van der Waals surface area (Å²) in [5, 5.41) is 4.20. The van der Waals surface area contributed by atoms with E-state index in [0.29, 0.717) is 6.61 Å². The molecule has 1 aromatic rings. The first-order chi connectivity index (χ1) is 7.96. The molecule has 0 aliphatic rings. The fourth-order valence-electron chi connectivity index (χ4n) is 1.49. The fourth-order valence-corrected chi connectivity index (χ4v) is 2.31. The average molecular weight is 257 g/mol. The molecule has 1 heterocycles. The number of nitrogens with zero attached hydrogens (tertiary/aromatic N) is 2. The van der Waals surface area contributed by atoms with E-state index in [4.69, 9.17) is 4.74 Å². The third-order valence-corrected chi connectivity index (χ3v) is 2.77. The SMILES string of the molecule is CCCC(OCC)c1nsc(NC(C)(C)C)n1. The summed E-state index contributed by atoms with van der Waals surface area (Å²) in [5.41, 5.74) is 0.0165. The van der Waals surface area contributed by atoms with Crippen molar-refractivity contribution in [1.82, 2.24) is 9.36 Å². The van der Waals surface area contributed by atoms with Crippen molar-refractivity contribution in [2.75, 3.05) is 11.9 Å². The van der Waals surface area contributed by atoms with Crippen LogP contribution in [0.1, 0.15) is 59.4 Å². The minimum absolute atomic E-state index is 0.0165. The Balaban J connectivity index is 2.70. The minimum atomic E-state index is 0.0165. The first kappa shape index (κ1) is 14.4. The van der Waals surface area contributed by atoms with Crippen LogP contribution in [0.5, 0.6) is 0 Å². The predicted octanol–water partition coefficient (Wildman–Crippen LogP) is 3.63. The van der Waals surface area contributed by atoms with Gasteiger partial charge in [-0.1, -0.05) is 13.3 Å². The van der Waals surface area contributed by atoms with Crippen LogP contribution in [0.2, 0.25) is 0 Å². The molecular formula is C12H23N3OS. The molecule has 0 saturated heterocycles. The maximum atomic E-state index is 5.67. The lowest BCUT2D eigenvalue weighted by Crippen LogP contribution is -2.25. The van der Waals surface area contributed by atoms with E-state index >= 15 is 0 Å². The Hall–Kier alpha value is -0.680. The van der Waals surface area contributed by atoms with Gasteiger partial charge in [0, 0.05) is 23.7 Å². The highest BCUT2D eigenvalue weighted by Gasteiger charge is 2.18. The van der Waals surface area contributed by atoms with Crippen LogP contribution < -0.4 is 5.32 Å². The van der Waals surface area contributed by atoms with Gasteiger partial charge >= 0.3 is 0 Å². The standard InChI is InChI=1S/C12H23N3OS/c1-6-8-9(16-7-2)10-13-11(17-15-10)14-12(3,4)5/h9H,6-8H2,1-5H3,(H,13,14,15). The minimum Gasteiger partial charge on any atom is -0.370 e. The number of hydrogen-bond donors (Lipinski definition) is 1. The van der Waals surface area contributed by atoms with Gasteiger partial charge in [-0.3, -0.25) is 0 Å². The second kappa shape index (κ2) is 6.31. The van der Waals surface area contributed by atoms with Crippen LogP contribution in [0.15, 0.2) is 0 Å². The zero-order valence-electron chi connectivity index (χ0n) is 11.4. The zero-order chi connectivity index (χ0) is 12.9. The molecule has 4 nitrogen and oxygen atoms in total. The van der Waals surface area contributed by atoms with Crippen molar-refractivity contribution >= 4 is 16.7 Å². The first-order valence-electron chi connectivity index (χ1n) is 6.19. The molecule has 1 N–H and O–H groups in total. The highest BCUT2D eigenvalue weighted by molar-refractivity contribution is 7.09. The van der Waals surface area contributed by atoms with Crippen LogP contribution in [-0.2, 0) is 4.74 Å². The predicted molar refractivity (Wildman–Crippen MR) is 72.6 cm³/mol. The number of anilines is 1. The lowest BCUT2D eigenvalue weighted by molar-refractivity contribution is 0.0503. The lowest BCUT2D eigenvalue weighted by Gasteiger charge is -2.19. The topological polar surface area (TPSA) is 47.0 Å². The molecule has 0 aliphatic carbocycles. The van der Waals surface area contributed by atoms with E-state index in [1.165, 1.54) is 11.5 Å². The summed E-state index contributed by atoms with van der Waals surface area (Å²) in [6.45, 7) is 11.2. The number of aromatic nitrogens is 2. The maximum absolute atomic E-state index is 5.67. The van der Waals surface area contributed by atoms with Crippen LogP contribution in [0.3, 0.4) is 0 Å². The molecule has 17 heavy (non-hydrogen) atoms. The maximum Gasteiger partial charge on any atom is 0.203 e. The highest BCUT2D eigenvalue weighted by Crippen LogP contribution is 2.25. The van der Waals surface area contributed by atoms with Gasteiger partial charge in [0.15, 0.2) is 5.82 Å². The quantitative estimate of drug-likeness (QED) is 0.845. The third-order valence-electron chi connectivity index (χ3n) is 2.13. The Morgan fingerprint density at radius 2 is 2.06 bits per heavy atom. The average Bonchev–Trinajstić information content (AvgIpc) is 2.63. The summed E-state index contributed by atoms with van der Waals surface area (Å²) in [5.74, 6) is 0.811. The van der Waals surface area contributed by atoms with Gasteiger partial charge in [-0.25, -0.2) is 4.98 Å². The molecule has 0 spiro atoms. The Morgan fingerprint density at radius 3 is 2.59 bits per heavy atom. The van der Waals surface area contributed by atoms with Gasteiger partial charge in [0.1, 0.15) is 6.10 Å². The van der Waals surface area contributed by atoms with Crippen molar-refractivity contribution < 1.29 is 4.74 Å². The van der Waals surface area contributed by atoms with Crippen molar-refractivity contribution in [2.45, 2.75) is 59.1 Å². The molecule has 98 valence electrons. The van der Waals surface area contributed by atoms with E-state index in [9.17, 15) is 0 Å². The number of nitrogens with one attached hydrogen (secondary N) is 1. The Kier molecular flexibility index (Phi) is 5.33. The molecule has 1 unspecified atom stereocenters. The summed E-state index contributed by atoms with van der Waals surface area (Å²) in [6, 6.07) is 0. The van der Waals surface area contributed by atoms with Gasteiger partial charge in [0.2, 0.25) is 5.13 Å². The molecule has 0 bridgehead atoms. The van der Waals surface area contributed by atoms with Gasteiger partial charge in [0.05, 0.1) is 0 Å². The van der Waals surface area contributed by atoms with E-state index < -0.39 is 0 Å². The second-order valence-electron chi connectivity index (χ2n) is 5.07. The molecular weight excluding hydrogens is 234 g/mol. The summed E-state index contributed by atoms with van der Waals surface area (Å²) >= 11 is 1.40. The Morgan fingerprint density at radius 1 is 1.35 bits per heavy atom. The van der Waals surface area contributed by atoms with Crippen molar-refractivity contribution in [2.24, 2.45) is 0 Å². The summed E-state index contributed by atoms with van der Waals surface area (Å²) in [6.07, 6.45) is 2.09. The van der Waals surface area contributed by atoms with Crippen LogP contribution in [0.4, 0.5) is 5.13 Å². The monoisotopic (exact) mass is 257 g/mol. The first-order valence-corrected chi connectivity index (χ1v) is 6.97. The van der Waals surface area contributed by atoms with E-state index in [2.05, 4.69) is 42.4 Å². The molecule has 0 aliphatic heterocycles. The summed E-state index contributed by atoms with van der Waals surface area (Å²) in [7, 11) is 0. The van der Waals surface area contributed by atoms with Gasteiger partial charge in [-0.2, -0.15) is 4.37 Å². The summed E-state index contributed by atoms with van der Waals surface area (Å²) < 4.78 is 10.0. The van der Waals surface area contributed by atoms with Gasteiger partial charge < -0.3 is 10.1 Å². The fraction of sp³-hybridized carbons (Fsp3) is 0.833. The van der Waals surface area contributed by atoms with Crippen LogP contribution in [0, 0.1) is 0 Å². The van der Waals surface area contributed by atoms with Crippen LogP contribution in [-0.4, -0.2) is 21.5 Å². The number of ether oxygens (including phenoxy) is 1. The van der Waals surface area contributed by atoms with Gasteiger partial charge in [-0.15, -0.1) is 0 Å². The molecule has 0 fully saturated rings. The molecule has 0 aromatic carbocycles. The Labute approximate surface area is 108 Å². The number of rotatable bonds is 6. The van der Waals surface area contributed by atoms with Gasteiger partial charge in [-0.05, 0) is 34.1 Å². The lowest BCUT2D eigenvalue weighted by atomic mass is 10.1. The van der Waals surface area contributed by atoms with E-state index in [1.54, 1.807) is 0 Å². The van der Waals surface area contributed by atoms with Crippen LogP contribution in [0.25, 0.3) is 0 Å². The Bertz CT molecular complexity index is 327. The molecule has 5 heteroatoms. The normalized spacial score (nSPS) is 13.7. The molecule has 0 amide bonds. The molecule has 1 rings (SSSR count). The second-order valence-corrected chi connectivity index (χ2v) is 5.82. The smallest absolute Gasteiger partial charge is 0.203 e. The molecule has 0 radical (unpaired) electrons. The largest absolute Gasteiger partial charge is 0.370 e. The van der Waals surface area contributed by atoms with Crippen molar-refractivity contribution in [3.05, 3.63) is 5.82 Å². The van der Waals surface area contributed by atoms with Crippen molar-refractivity contribution in [3.8, 4) is 0 Å². The third kappa shape index (κ3) is 5.00. The zero-order valence-corrected chi connectivity index (χ0v) is 12.2. The molecule has 1 atom stereocenters. The van der Waals surface area contributed by atoms with Crippen molar-refractivity contribution in [1.29, 1.82) is 0 Å². The van der Waals surface area contributed by atoms with Crippen LogP contribution >= 0.6 is 11.5 Å². The van der Waals surface area contributed by atoms with E-state index in [1.807, 2.05) is 6.92 Å². The van der Waals surface area contributed by atoms with Gasteiger partial charge in [0.25, 0.3) is 0 Å². The molecule has 0 saturated carbocycles. The van der Waals surface area contributed by atoms with E-state index in [0.717, 1.165) is 23.8 Å².